The summed E-state index contributed by atoms with van der Waals surface area (Å²) >= 11 is 0. The van der Waals surface area contributed by atoms with E-state index in [-0.39, 0.29) is 0 Å². The third-order valence-corrected chi connectivity index (χ3v) is 3.76. The van der Waals surface area contributed by atoms with Crippen LogP contribution in [0, 0.1) is 5.92 Å². The molecule has 5 heteroatoms. The second-order valence-electron chi connectivity index (χ2n) is 5.08. The molecule has 1 aromatic carbocycles. The van der Waals surface area contributed by atoms with Gasteiger partial charge in [-0.1, -0.05) is 31.4 Å². The molecule has 0 bridgehead atoms. The fourth-order valence-corrected chi connectivity index (χ4v) is 2.29. The number of rotatable bonds is 7. The first kappa shape index (κ1) is 14.4. The van der Waals surface area contributed by atoms with Crippen LogP contribution in [-0.4, -0.2) is 30.9 Å². The summed E-state index contributed by atoms with van der Waals surface area (Å²) in [6, 6.07) is 5.09. The molecular weight excluding hydrogens is 243 g/mol. The van der Waals surface area contributed by atoms with Gasteiger partial charge in [0.25, 0.3) is 0 Å². The van der Waals surface area contributed by atoms with E-state index in [4.69, 9.17) is 19.5 Å². The molecule has 104 valence electrons. The Balaban J connectivity index is 1.87. The molecular formula is C14H21BO4. The molecule has 2 rings (SSSR count). The van der Waals surface area contributed by atoms with Crippen LogP contribution in [0.4, 0.5) is 0 Å². The van der Waals surface area contributed by atoms with Crippen molar-refractivity contribution in [3.05, 3.63) is 23.8 Å². The highest BCUT2D eigenvalue weighted by Crippen LogP contribution is 2.29. The second kappa shape index (κ2) is 6.94. The Labute approximate surface area is 114 Å². The molecule has 19 heavy (non-hydrogen) atoms. The average molecular weight is 264 g/mol. The fourth-order valence-electron chi connectivity index (χ4n) is 2.29. The van der Waals surface area contributed by atoms with E-state index < -0.39 is 7.12 Å². The number of benzene rings is 1. The molecule has 4 nitrogen and oxygen atoms in total. The average Bonchev–Trinajstić information content (AvgIpc) is 2.36. The van der Waals surface area contributed by atoms with Crippen LogP contribution in [0.25, 0.3) is 0 Å². The summed E-state index contributed by atoms with van der Waals surface area (Å²) in [7, 11) is 0.141. The number of hydrogen-bond donors (Lipinski definition) is 2. The van der Waals surface area contributed by atoms with Crippen LogP contribution in [0.1, 0.15) is 31.2 Å². The minimum Gasteiger partial charge on any atom is -0.496 e. The van der Waals surface area contributed by atoms with Gasteiger partial charge >= 0.3 is 7.12 Å². The van der Waals surface area contributed by atoms with Crippen LogP contribution in [0.2, 0.25) is 0 Å². The number of methoxy groups -OCH3 is 1. The topological polar surface area (TPSA) is 58.9 Å². The van der Waals surface area contributed by atoms with E-state index in [1.807, 2.05) is 0 Å². The molecule has 0 amide bonds. The van der Waals surface area contributed by atoms with Crippen molar-refractivity contribution in [2.24, 2.45) is 5.92 Å². The summed E-state index contributed by atoms with van der Waals surface area (Å²) in [5.41, 5.74) is 1.31. The molecule has 0 atom stereocenters. The van der Waals surface area contributed by atoms with Gasteiger partial charge in [-0.3, -0.25) is 0 Å². The van der Waals surface area contributed by atoms with E-state index in [1.165, 1.54) is 19.3 Å². The Hall–Kier alpha value is -1.04. The molecule has 1 fully saturated rings. The monoisotopic (exact) mass is 264 g/mol. The summed E-state index contributed by atoms with van der Waals surface area (Å²) in [5.74, 6) is 1.56. The summed E-state index contributed by atoms with van der Waals surface area (Å²) < 4.78 is 10.9. The first-order chi connectivity index (χ1) is 9.20. The standard InChI is InChI=1S/C14H21BO4/c1-18-14-6-5-13(15(16)17)9-12(14)10-19-8-7-11-3-2-4-11/h5-6,9,11,16-17H,2-4,7-8,10H2,1H3. The minimum absolute atomic E-state index is 0.441. The highest BCUT2D eigenvalue weighted by molar-refractivity contribution is 6.58. The molecule has 1 aliphatic carbocycles. The third-order valence-electron chi connectivity index (χ3n) is 3.76. The van der Waals surface area contributed by atoms with Gasteiger partial charge in [0.05, 0.1) is 13.7 Å². The first-order valence-corrected chi connectivity index (χ1v) is 6.81. The Bertz CT molecular complexity index is 404. The van der Waals surface area contributed by atoms with Crippen molar-refractivity contribution in [2.75, 3.05) is 13.7 Å². The zero-order valence-electron chi connectivity index (χ0n) is 11.3. The van der Waals surface area contributed by atoms with Crippen molar-refractivity contribution in [2.45, 2.75) is 32.3 Å². The second-order valence-corrected chi connectivity index (χ2v) is 5.08. The summed E-state index contributed by atoms with van der Waals surface area (Å²) in [5, 5.41) is 18.3. The van der Waals surface area contributed by atoms with Gasteiger partial charge in [0.2, 0.25) is 0 Å². The predicted octanol–water partition coefficient (Wildman–Crippen LogP) is 1.08. The van der Waals surface area contributed by atoms with Gasteiger partial charge < -0.3 is 19.5 Å². The lowest BCUT2D eigenvalue weighted by molar-refractivity contribution is 0.0936. The minimum atomic E-state index is -1.46. The highest BCUT2D eigenvalue weighted by Gasteiger charge is 2.17. The summed E-state index contributed by atoms with van der Waals surface area (Å²) in [6.45, 7) is 1.19. The maximum absolute atomic E-state index is 9.17. The SMILES string of the molecule is COc1ccc(B(O)O)cc1COCCC1CCC1. The van der Waals surface area contributed by atoms with Gasteiger partial charge in [0, 0.05) is 12.2 Å². The van der Waals surface area contributed by atoms with Crippen LogP contribution in [0.5, 0.6) is 5.75 Å². The maximum atomic E-state index is 9.17. The molecule has 0 radical (unpaired) electrons. The Kier molecular flexibility index (Phi) is 5.25. The Morgan fingerprint density at radius 2 is 2.11 bits per heavy atom. The van der Waals surface area contributed by atoms with Crippen molar-refractivity contribution < 1.29 is 19.5 Å². The van der Waals surface area contributed by atoms with E-state index in [0.717, 1.165) is 24.5 Å². The normalized spacial score (nSPS) is 15.1. The van der Waals surface area contributed by atoms with Crippen LogP contribution in [0.3, 0.4) is 0 Å². The lowest BCUT2D eigenvalue weighted by Crippen LogP contribution is -2.30. The molecule has 0 aliphatic heterocycles. The summed E-state index contributed by atoms with van der Waals surface area (Å²) in [4.78, 5) is 0. The van der Waals surface area contributed by atoms with Crippen molar-refractivity contribution in [1.29, 1.82) is 0 Å². The van der Waals surface area contributed by atoms with Crippen molar-refractivity contribution in [3.63, 3.8) is 0 Å². The zero-order chi connectivity index (χ0) is 13.7. The maximum Gasteiger partial charge on any atom is 0.488 e. The third kappa shape index (κ3) is 3.96. The first-order valence-electron chi connectivity index (χ1n) is 6.81. The lowest BCUT2D eigenvalue weighted by Gasteiger charge is -2.24. The molecule has 0 spiro atoms. The van der Waals surface area contributed by atoms with E-state index >= 15 is 0 Å². The molecule has 0 heterocycles. The molecule has 1 saturated carbocycles. The quantitative estimate of drug-likeness (QED) is 0.571. The van der Waals surface area contributed by atoms with Gasteiger partial charge in [-0.05, 0) is 23.9 Å². The number of ether oxygens (including phenoxy) is 2. The van der Waals surface area contributed by atoms with Gasteiger partial charge in [0.1, 0.15) is 5.75 Å². The Morgan fingerprint density at radius 3 is 2.68 bits per heavy atom. The number of hydrogen-bond acceptors (Lipinski definition) is 4. The van der Waals surface area contributed by atoms with E-state index in [9.17, 15) is 0 Å². The van der Waals surface area contributed by atoms with E-state index in [1.54, 1.807) is 25.3 Å². The van der Waals surface area contributed by atoms with Gasteiger partial charge in [0.15, 0.2) is 0 Å². The van der Waals surface area contributed by atoms with Gasteiger partial charge in [-0.15, -0.1) is 0 Å². The molecule has 1 aliphatic rings. The van der Waals surface area contributed by atoms with Crippen LogP contribution in [-0.2, 0) is 11.3 Å². The van der Waals surface area contributed by atoms with Crippen molar-refractivity contribution in [3.8, 4) is 5.75 Å². The molecule has 0 aromatic heterocycles. The Morgan fingerprint density at radius 1 is 1.32 bits per heavy atom. The molecule has 0 saturated heterocycles. The van der Waals surface area contributed by atoms with Gasteiger partial charge in [-0.25, -0.2) is 0 Å². The van der Waals surface area contributed by atoms with Crippen molar-refractivity contribution >= 4 is 12.6 Å². The zero-order valence-corrected chi connectivity index (χ0v) is 11.3. The van der Waals surface area contributed by atoms with Crippen LogP contribution < -0.4 is 10.2 Å². The van der Waals surface area contributed by atoms with Gasteiger partial charge in [-0.2, -0.15) is 0 Å². The van der Waals surface area contributed by atoms with E-state index in [2.05, 4.69) is 0 Å². The van der Waals surface area contributed by atoms with Crippen molar-refractivity contribution in [1.82, 2.24) is 0 Å². The highest BCUT2D eigenvalue weighted by atomic mass is 16.5. The summed E-state index contributed by atoms with van der Waals surface area (Å²) in [6.07, 6.45) is 5.14. The fraction of sp³-hybridized carbons (Fsp3) is 0.571. The molecule has 0 unspecified atom stereocenters. The molecule has 2 N–H and O–H groups in total. The molecule has 1 aromatic rings. The van der Waals surface area contributed by atoms with Crippen LogP contribution >= 0.6 is 0 Å². The predicted molar refractivity (Wildman–Crippen MR) is 74.4 cm³/mol. The van der Waals surface area contributed by atoms with E-state index in [0.29, 0.717) is 17.8 Å². The largest absolute Gasteiger partial charge is 0.496 e. The lowest BCUT2D eigenvalue weighted by atomic mass is 9.79. The smallest absolute Gasteiger partial charge is 0.488 e. The van der Waals surface area contributed by atoms with Crippen LogP contribution in [0.15, 0.2) is 18.2 Å².